The van der Waals surface area contributed by atoms with Gasteiger partial charge in [-0.05, 0) is 38.3 Å². The van der Waals surface area contributed by atoms with Crippen molar-refractivity contribution in [1.29, 1.82) is 0 Å². The lowest BCUT2D eigenvalue weighted by Gasteiger charge is -2.14. The van der Waals surface area contributed by atoms with E-state index in [4.69, 9.17) is 0 Å². The first-order valence-electron chi connectivity index (χ1n) is 6.24. The van der Waals surface area contributed by atoms with E-state index in [0.29, 0.717) is 0 Å². The molecule has 1 aliphatic rings. The molecule has 2 N–H and O–H groups in total. The number of aliphatic hydroxyl groups excluding tert-OH is 1. The summed E-state index contributed by atoms with van der Waals surface area (Å²) in [4.78, 5) is 5.60. The summed E-state index contributed by atoms with van der Waals surface area (Å²) in [6.07, 6.45) is 2.55. The smallest absolute Gasteiger partial charge is 0.187 e. The molecule has 2 aromatic rings. The lowest BCUT2D eigenvalue weighted by Crippen LogP contribution is -2.06. The third-order valence-electron chi connectivity index (χ3n) is 3.22. The average molecular weight is 260 g/mol. The molecule has 0 saturated carbocycles. The van der Waals surface area contributed by atoms with Gasteiger partial charge in [-0.25, -0.2) is 4.98 Å². The molecule has 1 aromatic carbocycles. The SMILES string of the molecule is Cc1ccc(Nc2nc3c(s2)C(O)CCC3)cc1. The van der Waals surface area contributed by atoms with Crippen LogP contribution in [0.5, 0.6) is 0 Å². The maximum atomic E-state index is 9.92. The summed E-state index contributed by atoms with van der Waals surface area (Å²) >= 11 is 1.57. The summed E-state index contributed by atoms with van der Waals surface area (Å²) in [6, 6.07) is 8.24. The van der Waals surface area contributed by atoms with Gasteiger partial charge in [0.1, 0.15) is 0 Å². The van der Waals surface area contributed by atoms with Gasteiger partial charge in [0.2, 0.25) is 0 Å². The maximum Gasteiger partial charge on any atom is 0.187 e. The minimum Gasteiger partial charge on any atom is -0.388 e. The summed E-state index contributed by atoms with van der Waals surface area (Å²) in [6.45, 7) is 2.07. The Morgan fingerprint density at radius 2 is 2.11 bits per heavy atom. The molecule has 3 rings (SSSR count). The fourth-order valence-corrected chi connectivity index (χ4v) is 3.26. The Bertz CT molecular complexity index is 547. The van der Waals surface area contributed by atoms with Crippen LogP contribution in [-0.2, 0) is 6.42 Å². The normalized spacial score (nSPS) is 18.4. The molecule has 1 atom stereocenters. The van der Waals surface area contributed by atoms with Gasteiger partial charge < -0.3 is 10.4 Å². The van der Waals surface area contributed by atoms with Crippen LogP contribution in [0.2, 0.25) is 0 Å². The largest absolute Gasteiger partial charge is 0.388 e. The van der Waals surface area contributed by atoms with Gasteiger partial charge in [0.25, 0.3) is 0 Å². The molecule has 18 heavy (non-hydrogen) atoms. The predicted octanol–water partition coefficient (Wildman–Crippen LogP) is 3.56. The molecule has 0 aliphatic heterocycles. The van der Waals surface area contributed by atoms with E-state index >= 15 is 0 Å². The maximum absolute atomic E-state index is 9.92. The number of fused-ring (bicyclic) bond motifs is 1. The van der Waals surface area contributed by atoms with Crippen LogP contribution in [0.25, 0.3) is 0 Å². The molecule has 1 heterocycles. The second kappa shape index (κ2) is 4.71. The Morgan fingerprint density at radius 1 is 1.33 bits per heavy atom. The highest BCUT2D eigenvalue weighted by Gasteiger charge is 2.22. The van der Waals surface area contributed by atoms with Crippen LogP contribution in [0.4, 0.5) is 10.8 Å². The first kappa shape index (κ1) is 11.7. The van der Waals surface area contributed by atoms with E-state index < -0.39 is 0 Å². The highest BCUT2D eigenvalue weighted by Crippen LogP contribution is 2.36. The molecule has 0 fully saturated rings. The number of nitrogens with zero attached hydrogens (tertiary/aromatic N) is 1. The molecule has 1 unspecified atom stereocenters. The number of hydrogen-bond acceptors (Lipinski definition) is 4. The lowest BCUT2D eigenvalue weighted by atomic mass is 10.0. The number of benzene rings is 1. The Kier molecular flexibility index (Phi) is 3.06. The number of nitrogens with one attached hydrogen (secondary N) is 1. The molecular formula is C14H16N2OS. The van der Waals surface area contributed by atoms with Crippen molar-refractivity contribution in [2.24, 2.45) is 0 Å². The van der Waals surface area contributed by atoms with Crippen molar-refractivity contribution < 1.29 is 5.11 Å². The highest BCUT2D eigenvalue weighted by atomic mass is 32.1. The summed E-state index contributed by atoms with van der Waals surface area (Å²) in [5, 5.41) is 14.1. The Labute approximate surface area is 111 Å². The molecule has 0 bridgehead atoms. The third kappa shape index (κ3) is 2.26. The van der Waals surface area contributed by atoms with E-state index in [1.165, 1.54) is 5.56 Å². The number of hydrogen-bond donors (Lipinski definition) is 2. The summed E-state index contributed by atoms with van der Waals surface area (Å²) in [5.74, 6) is 0. The summed E-state index contributed by atoms with van der Waals surface area (Å²) in [7, 11) is 0. The number of aromatic nitrogens is 1. The van der Waals surface area contributed by atoms with Crippen LogP contribution >= 0.6 is 11.3 Å². The zero-order valence-corrected chi connectivity index (χ0v) is 11.1. The number of thiazole rings is 1. The fourth-order valence-electron chi connectivity index (χ4n) is 2.21. The van der Waals surface area contributed by atoms with Crippen LogP contribution in [-0.4, -0.2) is 10.1 Å². The summed E-state index contributed by atoms with van der Waals surface area (Å²) < 4.78 is 0. The van der Waals surface area contributed by atoms with Crippen molar-refractivity contribution in [3.8, 4) is 0 Å². The lowest BCUT2D eigenvalue weighted by molar-refractivity contribution is 0.160. The average Bonchev–Trinajstić information content (AvgIpc) is 2.76. The van der Waals surface area contributed by atoms with E-state index in [2.05, 4.69) is 29.4 Å². The number of aryl methyl sites for hydroxylation is 2. The third-order valence-corrected chi connectivity index (χ3v) is 4.34. The molecule has 0 saturated heterocycles. The van der Waals surface area contributed by atoms with Gasteiger partial charge >= 0.3 is 0 Å². The Balaban J connectivity index is 1.83. The van der Waals surface area contributed by atoms with Crippen molar-refractivity contribution in [1.82, 2.24) is 4.98 Å². The van der Waals surface area contributed by atoms with E-state index in [-0.39, 0.29) is 6.10 Å². The first-order chi connectivity index (χ1) is 8.72. The number of rotatable bonds is 2. The van der Waals surface area contributed by atoms with Gasteiger partial charge in [-0.15, -0.1) is 0 Å². The van der Waals surface area contributed by atoms with Crippen LogP contribution in [0.3, 0.4) is 0 Å². The molecule has 0 radical (unpaired) electrons. The van der Waals surface area contributed by atoms with Crippen molar-refractivity contribution in [3.63, 3.8) is 0 Å². The number of anilines is 2. The van der Waals surface area contributed by atoms with E-state index in [9.17, 15) is 5.11 Å². The van der Waals surface area contributed by atoms with Gasteiger partial charge in [0, 0.05) is 5.69 Å². The second-order valence-corrected chi connectivity index (χ2v) is 5.76. The second-order valence-electron chi connectivity index (χ2n) is 4.73. The summed E-state index contributed by atoms with van der Waals surface area (Å²) in [5.41, 5.74) is 3.35. The van der Waals surface area contributed by atoms with Gasteiger partial charge in [0.05, 0.1) is 16.7 Å². The molecule has 0 amide bonds. The molecular weight excluding hydrogens is 244 g/mol. The predicted molar refractivity (Wildman–Crippen MR) is 74.5 cm³/mol. The van der Waals surface area contributed by atoms with Crippen molar-refractivity contribution >= 4 is 22.2 Å². The van der Waals surface area contributed by atoms with E-state index in [1.807, 2.05) is 12.1 Å². The van der Waals surface area contributed by atoms with Crippen molar-refractivity contribution in [3.05, 3.63) is 40.4 Å². The molecule has 3 nitrogen and oxygen atoms in total. The Morgan fingerprint density at radius 3 is 2.83 bits per heavy atom. The molecule has 1 aliphatic carbocycles. The van der Waals surface area contributed by atoms with Crippen LogP contribution in [0.1, 0.15) is 35.1 Å². The molecule has 0 spiro atoms. The Hall–Kier alpha value is -1.39. The topological polar surface area (TPSA) is 45.2 Å². The number of aliphatic hydroxyl groups is 1. The fraction of sp³-hybridized carbons (Fsp3) is 0.357. The highest BCUT2D eigenvalue weighted by molar-refractivity contribution is 7.15. The molecule has 94 valence electrons. The van der Waals surface area contributed by atoms with Crippen LogP contribution in [0, 0.1) is 6.92 Å². The van der Waals surface area contributed by atoms with Gasteiger partial charge in [-0.2, -0.15) is 0 Å². The molecule has 1 aromatic heterocycles. The monoisotopic (exact) mass is 260 g/mol. The molecule has 4 heteroatoms. The minimum absolute atomic E-state index is 0.320. The van der Waals surface area contributed by atoms with E-state index in [1.54, 1.807) is 11.3 Å². The zero-order chi connectivity index (χ0) is 12.5. The van der Waals surface area contributed by atoms with Crippen molar-refractivity contribution in [2.45, 2.75) is 32.3 Å². The van der Waals surface area contributed by atoms with Gasteiger partial charge in [-0.3, -0.25) is 0 Å². The van der Waals surface area contributed by atoms with Gasteiger partial charge in [-0.1, -0.05) is 29.0 Å². The zero-order valence-electron chi connectivity index (χ0n) is 10.3. The quantitative estimate of drug-likeness (QED) is 0.867. The minimum atomic E-state index is -0.320. The van der Waals surface area contributed by atoms with Crippen LogP contribution in [0.15, 0.2) is 24.3 Å². The first-order valence-corrected chi connectivity index (χ1v) is 7.05. The van der Waals surface area contributed by atoms with Crippen LogP contribution < -0.4 is 5.32 Å². The van der Waals surface area contributed by atoms with Crippen molar-refractivity contribution in [2.75, 3.05) is 5.32 Å². The van der Waals surface area contributed by atoms with Gasteiger partial charge in [0.15, 0.2) is 5.13 Å². The van der Waals surface area contributed by atoms with E-state index in [0.717, 1.165) is 40.7 Å². The standard InChI is InChI=1S/C14H16N2OS/c1-9-5-7-10(8-6-9)15-14-16-11-3-2-4-12(17)13(11)18-14/h5-8,12,17H,2-4H2,1H3,(H,15,16).